The molecule has 3 heteroatoms. The Labute approximate surface area is 121 Å². The first-order chi connectivity index (χ1) is 9.10. The van der Waals surface area contributed by atoms with Gasteiger partial charge in [-0.1, -0.05) is 41.5 Å². The molecule has 108 valence electrons. The average molecular weight is 272 g/mol. The van der Waals surface area contributed by atoms with Crippen LogP contribution < -0.4 is 0 Å². The van der Waals surface area contributed by atoms with Crippen LogP contribution in [-0.4, -0.2) is 14.9 Å². The van der Waals surface area contributed by atoms with Crippen molar-refractivity contribution >= 4 is 0 Å². The molecule has 0 fully saturated rings. The molecule has 0 unspecified atom stereocenters. The van der Waals surface area contributed by atoms with Crippen molar-refractivity contribution in [3.05, 3.63) is 41.7 Å². The Morgan fingerprint density at radius 3 is 1.80 bits per heavy atom. The summed E-state index contributed by atoms with van der Waals surface area (Å²) in [5.41, 5.74) is 2.66. The maximum absolute atomic E-state index is 10.7. The topological polar surface area (TPSA) is 38.0 Å². The third-order valence-electron chi connectivity index (χ3n) is 3.48. The van der Waals surface area contributed by atoms with Crippen LogP contribution in [0.25, 0.3) is 5.69 Å². The van der Waals surface area contributed by atoms with Gasteiger partial charge >= 0.3 is 0 Å². The minimum Gasteiger partial charge on any atom is -0.507 e. The van der Waals surface area contributed by atoms with Crippen LogP contribution in [0.1, 0.15) is 52.7 Å². The van der Waals surface area contributed by atoms with E-state index >= 15 is 0 Å². The van der Waals surface area contributed by atoms with Gasteiger partial charge in [0.2, 0.25) is 0 Å². The summed E-state index contributed by atoms with van der Waals surface area (Å²) < 4.78 is 1.84. The summed E-state index contributed by atoms with van der Waals surface area (Å²) in [6.07, 6.45) is 3.69. The highest BCUT2D eigenvalue weighted by Crippen LogP contribution is 2.40. The molecule has 1 N–H and O–H groups in total. The first kappa shape index (κ1) is 14.6. The van der Waals surface area contributed by atoms with Crippen molar-refractivity contribution < 1.29 is 5.11 Å². The summed E-state index contributed by atoms with van der Waals surface area (Å²) in [5.74, 6) is 0.404. The van der Waals surface area contributed by atoms with E-state index in [0.29, 0.717) is 5.75 Å². The largest absolute Gasteiger partial charge is 0.507 e. The van der Waals surface area contributed by atoms with E-state index in [9.17, 15) is 5.11 Å². The van der Waals surface area contributed by atoms with Crippen molar-refractivity contribution in [2.75, 3.05) is 0 Å². The third kappa shape index (κ3) is 2.72. The minimum atomic E-state index is -0.118. The van der Waals surface area contributed by atoms with E-state index in [4.69, 9.17) is 0 Å². The van der Waals surface area contributed by atoms with Crippen molar-refractivity contribution in [1.29, 1.82) is 0 Å². The Balaban J connectivity index is 2.74. The van der Waals surface area contributed by atoms with Crippen molar-refractivity contribution in [2.45, 2.75) is 52.4 Å². The zero-order valence-electron chi connectivity index (χ0n) is 13.2. The molecule has 3 nitrogen and oxygen atoms in total. The lowest BCUT2D eigenvalue weighted by molar-refractivity contribution is 0.423. The molecule has 0 amide bonds. The SMILES string of the molecule is CC(C)(C)c1cc(-n2cccn2)cc(C(C)(C)C)c1O. The fourth-order valence-corrected chi connectivity index (χ4v) is 2.32. The van der Waals surface area contributed by atoms with Gasteiger partial charge in [0.15, 0.2) is 0 Å². The van der Waals surface area contributed by atoms with Gasteiger partial charge in [-0.25, -0.2) is 4.68 Å². The molecule has 0 aliphatic heterocycles. The van der Waals surface area contributed by atoms with Gasteiger partial charge < -0.3 is 5.11 Å². The van der Waals surface area contributed by atoms with Crippen LogP contribution in [0.2, 0.25) is 0 Å². The maximum atomic E-state index is 10.7. The van der Waals surface area contributed by atoms with E-state index in [-0.39, 0.29) is 10.8 Å². The number of benzene rings is 1. The number of phenolic OH excluding ortho intramolecular Hbond substituents is 1. The smallest absolute Gasteiger partial charge is 0.123 e. The monoisotopic (exact) mass is 272 g/mol. The van der Waals surface area contributed by atoms with Gasteiger partial charge in [-0.3, -0.25) is 0 Å². The summed E-state index contributed by atoms with van der Waals surface area (Å²) in [6, 6.07) is 5.95. The van der Waals surface area contributed by atoms with Crippen molar-refractivity contribution in [3.63, 3.8) is 0 Å². The fraction of sp³-hybridized carbons (Fsp3) is 0.471. The van der Waals surface area contributed by atoms with Crippen LogP contribution in [0.15, 0.2) is 30.6 Å². The Kier molecular flexibility index (Phi) is 3.41. The van der Waals surface area contributed by atoms with Crippen LogP contribution in [0.4, 0.5) is 0 Å². The fourth-order valence-electron chi connectivity index (χ4n) is 2.32. The lowest BCUT2D eigenvalue weighted by atomic mass is 9.79. The molecule has 0 spiro atoms. The average Bonchev–Trinajstić information content (AvgIpc) is 2.79. The Morgan fingerprint density at radius 2 is 1.45 bits per heavy atom. The normalized spacial score (nSPS) is 12.7. The van der Waals surface area contributed by atoms with Crippen molar-refractivity contribution in [3.8, 4) is 11.4 Å². The van der Waals surface area contributed by atoms with Crippen molar-refractivity contribution in [1.82, 2.24) is 9.78 Å². The van der Waals surface area contributed by atoms with Gasteiger partial charge in [0.05, 0.1) is 5.69 Å². The molecule has 2 aromatic rings. The van der Waals surface area contributed by atoms with E-state index in [1.54, 1.807) is 6.20 Å². The van der Waals surface area contributed by atoms with Crippen LogP contribution in [-0.2, 0) is 10.8 Å². The summed E-state index contributed by atoms with van der Waals surface area (Å²) in [4.78, 5) is 0. The first-order valence-electron chi connectivity index (χ1n) is 6.98. The summed E-state index contributed by atoms with van der Waals surface area (Å²) in [6.45, 7) is 12.7. The number of aromatic hydroxyl groups is 1. The number of aromatic nitrogens is 2. The number of hydrogen-bond acceptors (Lipinski definition) is 2. The predicted molar refractivity (Wildman–Crippen MR) is 82.6 cm³/mol. The molecule has 20 heavy (non-hydrogen) atoms. The third-order valence-corrected chi connectivity index (χ3v) is 3.48. The molecular formula is C17H24N2O. The molecule has 0 aliphatic rings. The molecule has 2 rings (SSSR count). The molecule has 1 heterocycles. The Bertz CT molecular complexity index is 564. The van der Waals surface area contributed by atoms with Gasteiger partial charge in [-0.05, 0) is 29.0 Å². The second-order valence-electron chi connectivity index (χ2n) is 7.34. The van der Waals surface area contributed by atoms with Crippen LogP contribution in [0.3, 0.4) is 0 Å². The van der Waals surface area contributed by atoms with Crippen LogP contribution in [0.5, 0.6) is 5.75 Å². The predicted octanol–water partition coefficient (Wildman–Crippen LogP) is 4.17. The highest BCUT2D eigenvalue weighted by molar-refractivity contribution is 5.54. The van der Waals surface area contributed by atoms with Gasteiger partial charge in [0, 0.05) is 23.5 Å². The van der Waals surface area contributed by atoms with E-state index in [0.717, 1.165) is 16.8 Å². The lowest BCUT2D eigenvalue weighted by Crippen LogP contribution is -2.18. The Morgan fingerprint density at radius 1 is 0.950 bits per heavy atom. The summed E-state index contributed by atoms with van der Waals surface area (Å²) in [7, 11) is 0. The minimum absolute atomic E-state index is 0.118. The number of rotatable bonds is 1. The van der Waals surface area contributed by atoms with E-state index in [1.807, 2.05) is 29.1 Å². The number of hydrogen-bond donors (Lipinski definition) is 1. The van der Waals surface area contributed by atoms with Gasteiger partial charge in [-0.2, -0.15) is 5.10 Å². The second kappa shape index (κ2) is 4.65. The molecule has 0 radical (unpaired) electrons. The highest BCUT2D eigenvalue weighted by atomic mass is 16.3. The molecule has 1 aromatic carbocycles. The quantitative estimate of drug-likeness (QED) is 0.846. The van der Waals surface area contributed by atoms with Gasteiger partial charge in [-0.15, -0.1) is 0 Å². The molecule has 0 saturated carbocycles. The van der Waals surface area contributed by atoms with Gasteiger partial charge in [0.1, 0.15) is 5.75 Å². The number of phenols is 1. The molecule has 0 atom stereocenters. The summed E-state index contributed by atoms with van der Waals surface area (Å²) in [5, 5.41) is 14.9. The van der Waals surface area contributed by atoms with Gasteiger partial charge in [0.25, 0.3) is 0 Å². The highest BCUT2D eigenvalue weighted by Gasteiger charge is 2.26. The second-order valence-corrected chi connectivity index (χ2v) is 7.34. The van der Waals surface area contributed by atoms with E-state index < -0.39 is 0 Å². The Hall–Kier alpha value is -1.77. The van der Waals surface area contributed by atoms with Crippen LogP contribution >= 0.6 is 0 Å². The molecule has 0 aliphatic carbocycles. The van der Waals surface area contributed by atoms with Crippen molar-refractivity contribution in [2.24, 2.45) is 0 Å². The first-order valence-corrected chi connectivity index (χ1v) is 6.98. The molecule has 0 bridgehead atoms. The zero-order valence-corrected chi connectivity index (χ0v) is 13.2. The molecular weight excluding hydrogens is 248 g/mol. The summed E-state index contributed by atoms with van der Waals surface area (Å²) >= 11 is 0. The maximum Gasteiger partial charge on any atom is 0.123 e. The molecule has 1 aromatic heterocycles. The molecule has 0 saturated heterocycles. The number of nitrogens with zero attached hydrogens (tertiary/aromatic N) is 2. The zero-order chi connectivity index (χ0) is 15.1. The standard InChI is InChI=1S/C17H24N2O/c1-16(2,3)13-10-12(19-9-7-8-18-19)11-14(15(13)20)17(4,5)6/h7-11,20H,1-6H3. The van der Waals surface area contributed by atoms with Crippen LogP contribution in [0, 0.1) is 0 Å². The van der Waals surface area contributed by atoms with E-state index in [2.05, 4.69) is 46.6 Å². The lowest BCUT2D eigenvalue weighted by Gasteiger charge is -2.28. The van der Waals surface area contributed by atoms with E-state index in [1.165, 1.54) is 0 Å².